The molecule has 0 bridgehead atoms. The number of aliphatic hydroxyl groups excluding tert-OH is 1. The molecule has 4 heteroatoms. The highest BCUT2D eigenvalue weighted by atomic mass is 16.6. The Labute approximate surface area is 130 Å². The standard InChI is InChI=1S/C18H22O4/c1-11-12(17(20)21)6-7-14-16(11)13(10-15(19)22-14)18(2)8-4-3-5-9-18/h4,6-8,13,15,19H,3,5,9-10H2,1-2H3,(H,20,21). The van der Waals surface area contributed by atoms with Gasteiger partial charge in [0.1, 0.15) is 5.75 Å². The highest BCUT2D eigenvalue weighted by Crippen LogP contribution is 2.52. The van der Waals surface area contributed by atoms with Crippen LogP contribution in [0.3, 0.4) is 0 Å². The van der Waals surface area contributed by atoms with Crippen LogP contribution in [0, 0.1) is 12.3 Å². The first kappa shape index (κ1) is 15.1. The number of fused-ring (bicyclic) bond motifs is 1. The summed E-state index contributed by atoms with van der Waals surface area (Å²) in [6.07, 6.45) is 7.33. The van der Waals surface area contributed by atoms with Crippen molar-refractivity contribution in [1.29, 1.82) is 0 Å². The van der Waals surface area contributed by atoms with Gasteiger partial charge in [-0.05, 0) is 49.3 Å². The molecule has 2 aliphatic rings. The molecule has 118 valence electrons. The number of aromatic carboxylic acids is 1. The molecule has 1 aliphatic heterocycles. The Morgan fingerprint density at radius 1 is 1.41 bits per heavy atom. The molecule has 0 fully saturated rings. The average Bonchev–Trinajstić information content (AvgIpc) is 2.47. The number of carbonyl (C=O) groups is 1. The van der Waals surface area contributed by atoms with E-state index >= 15 is 0 Å². The lowest BCUT2D eigenvalue weighted by atomic mass is 9.65. The van der Waals surface area contributed by atoms with Crippen molar-refractivity contribution in [2.75, 3.05) is 0 Å². The third-order valence-corrected chi connectivity index (χ3v) is 5.13. The number of carboxylic acids is 1. The van der Waals surface area contributed by atoms with E-state index in [1.54, 1.807) is 12.1 Å². The number of allylic oxidation sites excluding steroid dienone is 2. The number of aliphatic hydroxyl groups is 1. The van der Waals surface area contributed by atoms with Gasteiger partial charge in [0.15, 0.2) is 6.29 Å². The summed E-state index contributed by atoms with van der Waals surface area (Å²) in [6, 6.07) is 3.24. The Morgan fingerprint density at radius 2 is 2.18 bits per heavy atom. The van der Waals surface area contributed by atoms with Crippen molar-refractivity contribution >= 4 is 5.97 Å². The molecule has 0 aromatic heterocycles. The van der Waals surface area contributed by atoms with Gasteiger partial charge in [-0.25, -0.2) is 4.79 Å². The normalized spacial score (nSPS) is 30.5. The predicted molar refractivity (Wildman–Crippen MR) is 83.2 cm³/mol. The maximum Gasteiger partial charge on any atom is 0.335 e. The third kappa shape index (κ3) is 2.41. The van der Waals surface area contributed by atoms with Crippen LogP contribution in [-0.2, 0) is 0 Å². The van der Waals surface area contributed by atoms with Crippen LogP contribution in [0.1, 0.15) is 60.0 Å². The molecular weight excluding hydrogens is 280 g/mol. The summed E-state index contributed by atoms with van der Waals surface area (Å²) in [5.41, 5.74) is 1.94. The fraction of sp³-hybridized carbons (Fsp3) is 0.500. The molecule has 0 spiro atoms. The Balaban J connectivity index is 2.15. The smallest absolute Gasteiger partial charge is 0.335 e. The van der Waals surface area contributed by atoms with Crippen LogP contribution in [-0.4, -0.2) is 22.5 Å². The zero-order valence-electron chi connectivity index (χ0n) is 13.0. The highest BCUT2D eigenvalue weighted by molar-refractivity contribution is 5.90. The van der Waals surface area contributed by atoms with Crippen molar-refractivity contribution in [3.05, 3.63) is 41.0 Å². The lowest BCUT2D eigenvalue weighted by Crippen LogP contribution is -2.35. The average molecular weight is 302 g/mol. The third-order valence-electron chi connectivity index (χ3n) is 5.13. The quantitative estimate of drug-likeness (QED) is 0.819. The molecule has 1 aromatic rings. The van der Waals surface area contributed by atoms with Gasteiger partial charge in [0.05, 0.1) is 5.56 Å². The van der Waals surface area contributed by atoms with Crippen molar-refractivity contribution in [2.24, 2.45) is 5.41 Å². The summed E-state index contributed by atoms with van der Waals surface area (Å²) in [6.45, 7) is 4.04. The molecule has 0 saturated carbocycles. The number of ether oxygens (including phenoxy) is 1. The van der Waals surface area contributed by atoms with E-state index in [1.165, 1.54) is 0 Å². The molecule has 3 atom stereocenters. The van der Waals surface area contributed by atoms with E-state index in [0.717, 1.165) is 30.4 Å². The summed E-state index contributed by atoms with van der Waals surface area (Å²) in [4.78, 5) is 11.4. The molecule has 1 heterocycles. The van der Waals surface area contributed by atoms with Crippen molar-refractivity contribution < 1.29 is 19.7 Å². The van der Waals surface area contributed by atoms with E-state index in [1.807, 2.05) is 6.92 Å². The lowest BCUT2D eigenvalue weighted by Gasteiger charge is -2.42. The van der Waals surface area contributed by atoms with E-state index in [4.69, 9.17) is 4.74 Å². The summed E-state index contributed by atoms with van der Waals surface area (Å²) in [5, 5.41) is 19.5. The Bertz CT molecular complexity index is 634. The van der Waals surface area contributed by atoms with Crippen LogP contribution in [0.25, 0.3) is 0 Å². The minimum absolute atomic E-state index is 0.0698. The molecule has 1 aromatic carbocycles. The minimum Gasteiger partial charge on any atom is -0.478 e. The van der Waals surface area contributed by atoms with Crippen LogP contribution in [0.4, 0.5) is 0 Å². The SMILES string of the molecule is Cc1c(C(=O)O)ccc2c1C(C1(C)C=CCCC1)CC(O)O2. The summed E-state index contributed by atoms with van der Waals surface area (Å²) >= 11 is 0. The van der Waals surface area contributed by atoms with E-state index in [0.29, 0.717) is 17.7 Å². The first-order valence-electron chi connectivity index (χ1n) is 7.81. The molecule has 1 aliphatic carbocycles. The van der Waals surface area contributed by atoms with Gasteiger partial charge < -0.3 is 14.9 Å². The Morgan fingerprint density at radius 3 is 2.82 bits per heavy atom. The second kappa shape index (κ2) is 5.43. The van der Waals surface area contributed by atoms with E-state index in [-0.39, 0.29) is 11.3 Å². The van der Waals surface area contributed by atoms with E-state index in [2.05, 4.69) is 19.1 Å². The summed E-state index contributed by atoms with van der Waals surface area (Å²) < 4.78 is 5.55. The van der Waals surface area contributed by atoms with Crippen molar-refractivity contribution in [2.45, 2.75) is 51.7 Å². The number of hydrogen-bond acceptors (Lipinski definition) is 3. The summed E-state index contributed by atoms with van der Waals surface area (Å²) in [5.74, 6) is -0.233. The second-order valence-corrected chi connectivity index (χ2v) is 6.62. The number of hydrogen-bond donors (Lipinski definition) is 2. The van der Waals surface area contributed by atoms with Gasteiger partial charge in [0.2, 0.25) is 0 Å². The summed E-state index contributed by atoms with van der Waals surface area (Å²) in [7, 11) is 0. The molecule has 0 saturated heterocycles. The topological polar surface area (TPSA) is 66.8 Å². The van der Waals surface area contributed by atoms with Crippen LogP contribution in [0.15, 0.2) is 24.3 Å². The van der Waals surface area contributed by atoms with Crippen LogP contribution < -0.4 is 4.74 Å². The molecule has 22 heavy (non-hydrogen) atoms. The first-order valence-corrected chi connectivity index (χ1v) is 7.81. The van der Waals surface area contributed by atoms with Crippen molar-refractivity contribution in [3.63, 3.8) is 0 Å². The monoisotopic (exact) mass is 302 g/mol. The highest BCUT2D eigenvalue weighted by Gasteiger charge is 2.41. The zero-order chi connectivity index (χ0) is 15.9. The molecule has 0 radical (unpaired) electrons. The first-order chi connectivity index (χ1) is 10.4. The largest absolute Gasteiger partial charge is 0.478 e. The lowest BCUT2D eigenvalue weighted by molar-refractivity contribution is -0.0492. The van der Waals surface area contributed by atoms with Gasteiger partial charge in [0.25, 0.3) is 0 Å². The molecule has 3 rings (SSSR count). The molecule has 2 N–H and O–H groups in total. The maximum absolute atomic E-state index is 11.4. The molecular formula is C18H22O4. The van der Waals surface area contributed by atoms with Gasteiger partial charge in [-0.3, -0.25) is 0 Å². The minimum atomic E-state index is -0.922. The molecule has 3 unspecified atom stereocenters. The van der Waals surface area contributed by atoms with Gasteiger partial charge >= 0.3 is 5.97 Å². The molecule has 4 nitrogen and oxygen atoms in total. The van der Waals surface area contributed by atoms with Gasteiger partial charge in [0, 0.05) is 17.9 Å². The second-order valence-electron chi connectivity index (χ2n) is 6.62. The fourth-order valence-electron chi connectivity index (χ4n) is 3.91. The van der Waals surface area contributed by atoms with Crippen LogP contribution in [0.5, 0.6) is 5.75 Å². The number of rotatable bonds is 2. The van der Waals surface area contributed by atoms with Gasteiger partial charge in [-0.1, -0.05) is 19.1 Å². The molecule has 0 amide bonds. The zero-order valence-corrected chi connectivity index (χ0v) is 13.0. The van der Waals surface area contributed by atoms with Gasteiger partial charge in [-0.2, -0.15) is 0 Å². The van der Waals surface area contributed by atoms with Gasteiger partial charge in [-0.15, -0.1) is 0 Å². The van der Waals surface area contributed by atoms with E-state index in [9.17, 15) is 15.0 Å². The Kier molecular flexibility index (Phi) is 3.73. The Hall–Kier alpha value is -1.81. The number of benzene rings is 1. The van der Waals surface area contributed by atoms with E-state index < -0.39 is 12.3 Å². The fourth-order valence-corrected chi connectivity index (χ4v) is 3.91. The number of carboxylic acid groups (broad SMARTS) is 1. The van der Waals surface area contributed by atoms with Crippen LogP contribution in [0.2, 0.25) is 0 Å². The van der Waals surface area contributed by atoms with Crippen molar-refractivity contribution in [3.8, 4) is 5.75 Å². The maximum atomic E-state index is 11.4. The predicted octanol–water partition coefficient (Wildman–Crippen LogP) is 3.62. The van der Waals surface area contributed by atoms with Crippen LogP contribution >= 0.6 is 0 Å². The van der Waals surface area contributed by atoms with Crippen molar-refractivity contribution in [1.82, 2.24) is 0 Å².